The summed E-state index contributed by atoms with van der Waals surface area (Å²) in [5.74, 6) is -2.16. The van der Waals surface area contributed by atoms with Gasteiger partial charge in [-0.3, -0.25) is 14.4 Å². The summed E-state index contributed by atoms with van der Waals surface area (Å²) in [6.45, 7) is 0.695. The number of fused-ring (bicyclic) bond motifs is 1. The van der Waals surface area contributed by atoms with E-state index in [0.717, 1.165) is 0 Å². The SMILES string of the molecule is C[C@@H]1O[C@@H](O[C@H]2[C@H](Oc3cccc4c3O[C@H](c3ccc(O)cc3)CC4=O)O[C@H](COC(=O)CC(=O)OCc3ccccc3)[C@@H](O)[C@@H]2O)[C@H](O)[C@H](O)[C@H]1O. The van der Waals surface area contributed by atoms with Gasteiger partial charge in [-0.05, 0) is 42.3 Å². The monoisotopic (exact) mass is 740 g/mol. The molecule has 6 N–H and O–H groups in total. The molecule has 16 heteroatoms. The van der Waals surface area contributed by atoms with Gasteiger partial charge in [0.1, 0.15) is 68.1 Å². The molecule has 3 heterocycles. The highest BCUT2D eigenvalue weighted by Crippen LogP contribution is 2.43. The molecular formula is C37H40O16. The zero-order valence-corrected chi connectivity index (χ0v) is 28.4. The Labute approximate surface area is 303 Å². The number of Topliss-reactive ketones (excluding diaryl/α,β-unsaturated/α-hetero) is 1. The number of aromatic hydroxyl groups is 1. The van der Waals surface area contributed by atoms with Crippen molar-refractivity contribution in [1.82, 2.24) is 0 Å². The van der Waals surface area contributed by atoms with Crippen LogP contribution in [-0.4, -0.2) is 116 Å². The minimum absolute atomic E-state index is 0.0166. The average molecular weight is 741 g/mol. The molecule has 11 atom stereocenters. The molecule has 0 radical (unpaired) electrons. The van der Waals surface area contributed by atoms with Crippen molar-refractivity contribution in [3.05, 3.63) is 89.5 Å². The minimum atomic E-state index is -1.87. The van der Waals surface area contributed by atoms with E-state index in [4.69, 9.17) is 33.2 Å². The molecule has 16 nitrogen and oxygen atoms in total. The fraction of sp³-hybridized carbons (Fsp3) is 0.432. The zero-order chi connectivity index (χ0) is 37.8. The van der Waals surface area contributed by atoms with Gasteiger partial charge < -0.3 is 63.8 Å². The molecule has 53 heavy (non-hydrogen) atoms. The van der Waals surface area contributed by atoms with Gasteiger partial charge in [0.05, 0.1) is 18.1 Å². The Morgan fingerprint density at radius 3 is 2.23 bits per heavy atom. The van der Waals surface area contributed by atoms with E-state index in [9.17, 15) is 45.0 Å². The summed E-state index contributed by atoms with van der Waals surface area (Å²) in [5, 5.41) is 63.3. The molecule has 0 bridgehead atoms. The summed E-state index contributed by atoms with van der Waals surface area (Å²) >= 11 is 0. The summed E-state index contributed by atoms with van der Waals surface area (Å²) in [4.78, 5) is 38.0. The second-order valence-corrected chi connectivity index (χ2v) is 12.9. The number of phenolic OH excluding ortho intramolecular Hbond substituents is 1. The third-order valence-electron chi connectivity index (χ3n) is 9.10. The van der Waals surface area contributed by atoms with Gasteiger partial charge in [0.2, 0.25) is 6.29 Å². The van der Waals surface area contributed by atoms with Crippen LogP contribution >= 0.6 is 0 Å². The van der Waals surface area contributed by atoms with Crippen molar-refractivity contribution in [3.63, 3.8) is 0 Å². The number of ether oxygens (including phenoxy) is 7. The van der Waals surface area contributed by atoms with E-state index < -0.39 is 92.5 Å². The first-order chi connectivity index (χ1) is 25.4. The van der Waals surface area contributed by atoms with Crippen LogP contribution < -0.4 is 9.47 Å². The molecule has 3 aromatic rings. The molecule has 0 aliphatic carbocycles. The number of carbonyl (C=O) groups excluding carboxylic acids is 3. The number of ketones is 1. The Morgan fingerprint density at radius 2 is 1.49 bits per heavy atom. The van der Waals surface area contributed by atoms with E-state index in [-0.39, 0.29) is 41.6 Å². The van der Waals surface area contributed by atoms with Crippen LogP contribution in [0.15, 0.2) is 72.8 Å². The van der Waals surface area contributed by atoms with Crippen molar-refractivity contribution in [2.75, 3.05) is 6.61 Å². The number of esters is 2. The summed E-state index contributed by atoms with van der Waals surface area (Å²) in [6, 6.07) is 19.4. The average Bonchev–Trinajstić information content (AvgIpc) is 3.15. The number of carbonyl (C=O) groups is 3. The van der Waals surface area contributed by atoms with Crippen molar-refractivity contribution < 1.29 is 78.2 Å². The Morgan fingerprint density at radius 1 is 0.774 bits per heavy atom. The molecule has 0 amide bonds. The second kappa shape index (κ2) is 16.6. The molecule has 3 aromatic carbocycles. The third-order valence-corrected chi connectivity index (χ3v) is 9.10. The highest BCUT2D eigenvalue weighted by atomic mass is 16.8. The van der Waals surface area contributed by atoms with E-state index in [2.05, 4.69) is 0 Å². The molecule has 2 saturated heterocycles. The van der Waals surface area contributed by atoms with Crippen LogP contribution in [0.5, 0.6) is 17.2 Å². The van der Waals surface area contributed by atoms with Crippen LogP contribution in [-0.2, 0) is 39.9 Å². The predicted molar refractivity (Wildman–Crippen MR) is 177 cm³/mol. The van der Waals surface area contributed by atoms with E-state index in [1.54, 1.807) is 42.5 Å². The lowest BCUT2D eigenvalue weighted by Crippen LogP contribution is -2.64. The van der Waals surface area contributed by atoms with Gasteiger partial charge >= 0.3 is 11.9 Å². The van der Waals surface area contributed by atoms with Crippen molar-refractivity contribution in [2.24, 2.45) is 0 Å². The van der Waals surface area contributed by atoms with Gasteiger partial charge in [-0.15, -0.1) is 0 Å². The fourth-order valence-electron chi connectivity index (χ4n) is 6.11. The molecule has 3 aliphatic rings. The Kier molecular flexibility index (Phi) is 11.9. The summed E-state index contributed by atoms with van der Waals surface area (Å²) in [6.07, 6.45) is -17.6. The molecule has 284 valence electrons. The fourth-order valence-corrected chi connectivity index (χ4v) is 6.11. The van der Waals surface area contributed by atoms with Gasteiger partial charge in [0.15, 0.2) is 29.7 Å². The number of aliphatic hydroxyl groups excluding tert-OH is 5. The lowest BCUT2D eigenvalue weighted by molar-refractivity contribution is -0.354. The largest absolute Gasteiger partial charge is 0.508 e. The molecule has 0 spiro atoms. The summed E-state index contributed by atoms with van der Waals surface area (Å²) in [7, 11) is 0. The number of hydrogen-bond donors (Lipinski definition) is 6. The van der Waals surface area contributed by atoms with Crippen LogP contribution in [0.25, 0.3) is 0 Å². The maximum Gasteiger partial charge on any atom is 0.317 e. The topological polar surface area (TPSA) is 237 Å². The van der Waals surface area contributed by atoms with Gasteiger partial charge in [0, 0.05) is 0 Å². The number of rotatable bonds is 11. The van der Waals surface area contributed by atoms with Crippen LogP contribution in [0.4, 0.5) is 0 Å². The van der Waals surface area contributed by atoms with Crippen LogP contribution in [0.2, 0.25) is 0 Å². The second-order valence-electron chi connectivity index (χ2n) is 12.9. The lowest BCUT2D eigenvalue weighted by atomic mass is 9.95. The first-order valence-electron chi connectivity index (χ1n) is 16.9. The first-order valence-corrected chi connectivity index (χ1v) is 16.9. The van der Waals surface area contributed by atoms with Crippen molar-refractivity contribution in [3.8, 4) is 17.2 Å². The highest BCUT2D eigenvalue weighted by Gasteiger charge is 2.51. The molecular weight excluding hydrogens is 700 g/mol. The number of para-hydroxylation sites is 1. The molecule has 3 aliphatic heterocycles. The van der Waals surface area contributed by atoms with E-state index in [1.807, 2.05) is 0 Å². The molecule has 6 rings (SSSR count). The first kappa shape index (κ1) is 38.1. The van der Waals surface area contributed by atoms with Gasteiger partial charge in [0.25, 0.3) is 0 Å². The van der Waals surface area contributed by atoms with E-state index in [1.165, 1.54) is 37.3 Å². The van der Waals surface area contributed by atoms with Crippen molar-refractivity contribution in [1.29, 1.82) is 0 Å². The predicted octanol–water partition coefficient (Wildman–Crippen LogP) is 0.814. The van der Waals surface area contributed by atoms with Crippen molar-refractivity contribution >= 4 is 17.7 Å². The van der Waals surface area contributed by atoms with Crippen molar-refractivity contribution in [2.45, 2.75) is 93.9 Å². The lowest BCUT2D eigenvalue weighted by Gasteiger charge is -2.45. The maximum absolute atomic E-state index is 13.2. The third kappa shape index (κ3) is 8.77. The maximum atomic E-state index is 13.2. The summed E-state index contributed by atoms with van der Waals surface area (Å²) < 4.78 is 40.1. The van der Waals surface area contributed by atoms with Gasteiger partial charge in [-0.25, -0.2) is 0 Å². The van der Waals surface area contributed by atoms with E-state index >= 15 is 0 Å². The number of aliphatic hydroxyl groups is 5. The Hall–Kier alpha value is -4.65. The van der Waals surface area contributed by atoms with Crippen LogP contribution in [0, 0.1) is 0 Å². The van der Waals surface area contributed by atoms with Gasteiger partial charge in [-0.2, -0.15) is 0 Å². The number of hydrogen-bond acceptors (Lipinski definition) is 16. The Bertz CT molecular complexity index is 1730. The van der Waals surface area contributed by atoms with Gasteiger partial charge in [-0.1, -0.05) is 48.5 Å². The van der Waals surface area contributed by atoms with Crippen LogP contribution in [0.1, 0.15) is 47.4 Å². The number of phenols is 1. The number of benzene rings is 3. The molecule has 2 fully saturated rings. The minimum Gasteiger partial charge on any atom is -0.508 e. The molecule has 0 aromatic heterocycles. The molecule has 0 saturated carbocycles. The Balaban J connectivity index is 1.20. The smallest absolute Gasteiger partial charge is 0.317 e. The zero-order valence-electron chi connectivity index (χ0n) is 28.4. The molecule has 0 unspecified atom stereocenters. The van der Waals surface area contributed by atoms with Crippen LogP contribution in [0.3, 0.4) is 0 Å². The quantitative estimate of drug-likeness (QED) is 0.118. The standard InChI is InChI=1S/C37H40O16/c1-18-29(42)31(44)33(46)36(49-18)53-35-32(45)30(43)26(17-48-28(41)15-27(40)47-16-19-6-3-2-4-7-19)52-37(35)51-24-9-5-8-22-23(39)14-25(50-34(22)24)20-10-12-21(38)13-11-20/h2-13,18,25-26,29-33,35-38,42-46H,14-17H2,1H3/t18-,25-,26+,29-,30+,31+,32-,33+,35+,36-,37+/m0/s1. The summed E-state index contributed by atoms with van der Waals surface area (Å²) in [5.41, 5.74) is 1.48. The normalized spacial score (nSPS) is 31.1. The highest BCUT2D eigenvalue weighted by molar-refractivity contribution is 6.00. The van der Waals surface area contributed by atoms with E-state index in [0.29, 0.717) is 11.1 Å².